The monoisotopic (exact) mass is 328 g/mol. The van der Waals surface area contributed by atoms with E-state index in [0.29, 0.717) is 22.9 Å². The summed E-state index contributed by atoms with van der Waals surface area (Å²) in [5, 5.41) is 5.43. The molecule has 0 spiro atoms. The second-order valence-electron chi connectivity index (χ2n) is 5.19. The molecule has 126 valence electrons. The molecule has 1 atom stereocenters. The van der Waals surface area contributed by atoms with Crippen LogP contribution in [0.5, 0.6) is 11.5 Å². The van der Waals surface area contributed by atoms with Crippen molar-refractivity contribution in [2.45, 2.75) is 20.0 Å². The van der Waals surface area contributed by atoms with Crippen molar-refractivity contribution in [3.63, 3.8) is 0 Å². The van der Waals surface area contributed by atoms with E-state index in [9.17, 15) is 9.59 Å². The van der Waals surface area contributed by atoms with Crippen LogP contribution >= 0.6 is 0 Å². The first-order chi connectivity index (χ1) is 11.5. The van der Waals surface area contributed by atoms with E-state index < -0.39 is 6.10 Å². The molecule has 1 unspecified atom stereocenters. The molecule has 0 aromatic heterocycles. The van der Waals surface area contributed by atoms with Crippen molar-refractivity contribution in [3.8, 4) is 11.5 Å². The van der Waals surface area contributed by atoms with Crippen molar-refractivity contribution in [3.05, 3.63) is 48.5 Å². The van der Waals surface area contributed by atoms with Gasteiger partial charge in [0.2, 0.25) is 5.91 Å². The lowest BCUT2D eigenvalue weighted by molar-refractivity contribution is -0.122. The number of nitrogens with one attached hydrogen (secondary N) is 2. The number of anilines is 2. The topological polar surface area (TPSA) is 76.7 Å². The predicted octanol–water partition coefficient (Wildman–Crippen LogP) is 3.06. The second-order valence-corrected chi connectivity index (χ2v) is 5.19. The van der Waals surface area contributed by atoms with E-state index in [1.165, 1.54) is 6.92 Å². The molecule has 2 amide bonds. The fourth-order valence-corrected chi connectivity index (χ4v) is 2.02. The van der Waals surface area contributed by atoms with Gasteiger partial charge in [-0.25, -0.2) is 0 Å². The number of hydrogen-bond acceptors (Lipinski definition) is 4. The third kappa shape index (κ3) is 5.01. The van der Waals surface area contributed by atoms with E-state index in [2.05, 4.69) is 10.6 Å². The van der Waals surface area contributed by atoms with Crippen LogP contribution in [0.4, 0.5) is 11.4 Å². The first-order valence-corrected chi connectivity index (χ1v) is 7.47. The number of ether oxygens (including phenoxy) is 2. The zero-order valence-electron chi connectivity index (χ0n) is 13.8. The molecule has 2 rings (SSSR count). The minimum Gasteiger partial charge on any atom is -0.497 e. The van der Waals surface area contributed by atoms with Gasteiger partial charge in [0.15, 0.2) is 6.10 Å². The van der Waals surface area contributed by atoms with Crippen molar-refractivity contribution in [1.29, 1.82) is 0 Å². The summed E-state index contributed by atoms with van der Waals surface area (Å²) in [6.45, 7) is 3.10. The van der Waals surface area contributed by atoms with Gasteiger partial charge in [0, 0.05) is 24.4 Å². The molecule has 2 aromatic rings. The van der Waals surface area contributed by atoms with E-state index >= 15 is 0 Å². The molecule has 0 aliphatic rings. The van der Waals surface area contributed by atoms with Crippen LogP contribution < -0.4 is 20.1 Å². The number of amides is 2. The highest BCUT2D eigenvalue weighted by Gasteiger charge is 2.15. The van der Waals surface area contributed by atoms with Gasteiger partial charge in [0.1, 0.15) is 11.5 Å². The van der Waals surface area contributed by atoms with Crippen LogP contribution in [0.1, 0.15) is 13.8 Å². The van der Waals surface area contributed by atoms with Gasteiger partial charge < -0.3 is 20.1 Å². The van der Waals surface area contributed by atoms with Crippen LogP contribution in [-0.2, 0) is 9.59 Å². The van der Waals surface area contributed by atoms with Gasteiger partial charge in [-0.1, -0.05) is 6.07 Å². The summed E-state index contributed by atoms with van der Waals surface area (Å²) >= 11 is 0. The molecule has 0 bridgehead atoms. The zero-order chi connectivity index (χ0) is 17.5. The molecule has 0 radical (unpaired) electrons. The average Bonchev–Trinajstić information content (AvgIpc) is 2.56. The van der Waals surface area contributed by atoms with Crippen molar-refractivity contribution < 1.29 is 19.1 Å². The maximum absolute atomic E-state index is 12.2. The first kappa shape index (κ1) is 17.3. The number of carbonyl (C=O) groups is 2. The van der Waals surface area contributed by atoms with E-state index in [0.717, 1.165) is 0 Å². The van der Waals surface area contributed by atoms with Gasteiger partial charge in [-0.05, 0) is 43.3 Å². The highest BCUT2D eigenvalue weighted by atomic mass is 16.5. The summed E-state index contributed by atoms with van der Waals surface area (Å²) in [5.41, 5.74) is 1.29. The van der Waals surface area contributed by atoms with Crippen LogP contribution in [0.2, 0.25) is 0 Å². The van der Waals surface area contributed by atoms with Gasteiger partial charge >= 0.3 is 0 Å². The Morgan fingerprint density at radius 3 is 2.12 bits per heavy atom. The SMILES string of the molecule is COc1cccc(OC(C)C(=O)Nc2ccc(NC(C)=O)cc2)c1. The Bertz CT molecular complexity index is 713. The summed E-state index contributed by atoms with van der Waals surface area (Å²) in [6, 6.07) is 13.9. The lowest BCUT2D eigenvalue weighted by atomic mass is 10.2. The van der Waals surface area contributed by atoms with Crippen LogP contribution in [0.25, 0.3) is 0 Å². The highest BCUT2D eigenvalue weighted by Crippen LogP contribution is 2.20. The molecule has 24 heavy (non-hydrogen) atoms. The molecule has 2 N–H and O–H groups in total. The van der Waals surface area contributed by atoms with Crippen molar-refractivity contribution in [2.75, 3.05) is 17.7 Å². The van der Waals surface area contributed by atoms with Crippen LogP contribution in [-0.4, -0.2) is 25.0 Å². The lowest BCUT2D eigenvalue weighted by Crippen LogP contribution is -2.30. The summed E-state index contributed by atoms with van der Waals surface area (Å²) in [6.07, 6.45) is -0.674. The maximum Gasteiger partial charge on any atom is 0.265 e. The number of carbonyl (C=O) groups excluding carboxylic acids is 2. The Labute approximate surface area is 140 Å². The summed E-state index contributed by atoms with van der Waals surface area (Å²) < 4.78 is 10.7. The Morgan fingerprint density at radius 2 is 1.54 bits per heavy atom. The van der Waals surface area contributed by atoms with Gasteiger partial charge in [-0.15, -0.1) is 0 Å². The summed E-state index contributed by atoms with van der Waals surface area (Å²) in [4.78, 5) is 23.2. The zero-order valence-corrected chi connectivity index (χ0v) is 13.8. The molecular formula is C18H20N2O4. The van der Waals surface area contributed by atoms with Gasteiger partial charge in [0.05, 0.1) is 7.11 Å². The molecule has 6 heteroatoms. The van der Waals surface area contributed by atoms with Gasteiger partial charge in [0.25, 0.3) is 5.91 Å². The number of hydrogen-bond donors (Lipinski definition) is 2. The minimum absolute atomic E-state index is 0.146. The van der Waals surface area contributed by atoms with E-state index in [1.54, 1.807) is 62.6 Å². The van der Waals surface area contributed by atoms with Crippen LogP contribution in [0, 0.1) is 0 Å². The largest absolute Gasteiger partial charge is 0.497 e. The molecule has 0 aliphatic heterocycles. The third-order valence-electron chi connectivity index (χ3n) is 3.20. The summed E-state index contributed by atoms with van der Waals surface area (Å²) in [5.74, 6) is 0.795. The third-order valence-corrected chi connectivity index (χ3v) is 3.20. The number of methoxy groups -OCH3 is 1. The fraction of sp³-hybridized carbons (Fsp3) is 0.222. The minimum atomic E-state index is -0.674. The molecule has 2 aromatic carbocycles. The van der Waals surface area contributed by atoms with Gasteiger partial charge in [-0.3, -0.25) is 9.59 Å². The standard InChI is InChI=1S/C18H20N2O4/c1-12(24-17-6-4-5-16(11-17)23-3)18(22)20-15-9-7-14(8-10-15)19-13(2)21/h4-12H,1-3H3,(H,19,21)(H,20,22). The van der Waals surface area contributed by atoms with Crippen molar-refractivity contribution in [2.24, 2.45) is 0 Å². The van der Waals surface area contributed by atoms with Gasteiger partial charge in [-0.2, -0.15) is 0 Å². The van der Waals surface area contributed by atoms with Crippen molar-refractivity contribution >= 4 is 23.2 Å². The molecule has 0 aliphatic carbocycles. The maximum atomic E-state index is 12.2. The Hall–Kier alpha value is -3.02. The highest BCUT2D eigenvalue weighted by molar-refractivity contribution is 5.94. The quantitative estimate of drug-likeness (QED) is 0.854. The lowest BCUT2D eigenvalue weighted by Gasteiger charge is -2.15. The first-order valence-electron chi connectivity index (χ1n) is 7.47. The Morgan fingerprint density at radius 1 is 0.958 bits per heavy atom. The van der Waals surface area contributed by atoms with Crippen molar-refractivity contribution in [1.82, 2.24) is 0 Å². The molecule has 0 heterocycles. The number of rotatable bonds is 6. The summed E-state index contributed by atoms with van der Waals surface area (Å²) in [7, 11) is 1.57. The van der Waals surface area contributed by atoms with E-state index in [-0.39, 0.29) is 11.8 Å². The Kier molecular flexibility index (Phi) is 5.78. The normalized spacial score (nSPS) is 11.3. The molecular weight excluding hydrogens is 308 g/mol. The smallest absolute Gasteiger partial charge is 0.265 e. The molecule has 0 fully saturated rings. The molecule has 0 saturated carbocycles. The van der Waals surface area contributed by atoms with E-state index in [4.69, 9.17) is 9.47 Å². The molecule has 6 nitrogen and oxygen atoms in total. The van der Waals surface area contributed by atoms with Crippen LogP contribution in [0.15, 0.2) is 48.5 Å². The fourth-order valence-electron chi connectivity index (χ4n) is 2.02. The Balaban J connectivity index is 1.94. The average molecular weight is 328 g/mol. The second kappa shape index (κ2) is 8.01. The molecule has 0 saturated heterocycles. The van der Waals surface area contributed by atoms with Crippen LogP contribution in [0.3, 0.4) is 0 Å². The number of benzene rings is 2. The predicted molar refractivity (Wildman–Crippen MR) is 92.5 cm³/mol. The van der Waals surface area contributed by atoms with E-state index in [1.807, 2.05) is 0 Å².